The van der Waals surface area contributed by atoms with Gasteiger partial charge >= 0.3 is 5.97 Å². The third-order valence-electron chi connectivity index (χ3n) is 3.91. The Labute approximate surface area is 122 Å². The summed E-state index contributed by atoms with van der Waals surface area (Å²) in [6, 6.07) is 5.44. The molecule has 0 N–H and O–H groups in total. The van der Waals surface area contributed by atoms with Gasteiger partial charge in [0.15, 0.2) is 0 Å². The van der Waals surface area contributed by atoms with E-state index in [1.807, 2.05) is 12.3 Å². The molecule has 2 saturated heterocycles. The molecule has 0 radical (unpaired) electrons. The van der Waals surface area contributed by atoms with Crippen molar-refractivity contribution in [2.45, 2.75) is 42.5 Å². The number of carbonyl (C=O) groups excluding carboxylic acids is 1. The Hall–Kier alpha value is -1.20. The first-order valence-corrected chi connectivity index (χ1v) is 8.02. The summed E-state index contributed by atoms with van der Waals surface area (Å²) in [7, 11) is 1.38. The van der Waals surface area contributed by atoms with Crippen LogP contribution in [0, 0.1) is 0 Å². The van der Waals surface area contributed by atoms with Crippen molar-refractivity contribution in [2.24, 2.45) is 0 Å². The Bertz CT molecular complexity index is 517. The van der Waals surface area contributed by atoms with Gasteiger partial charge in [-0.15, -0.1) is 11.8 Å². The lowest BCUT2D eigenvalue weighted by molar-refractivity contribution is 0.0592. The van der Waals surface area contributed by atoms with Crippen molar-refractivity contribution >= 4 is 17.7 Å². The molecule has 0 aliphatic carbocycles. The van der Waals surface area contributed by atoms with E-state index in [0.29, 0.717) is 11.7 Å². The monoisotopic (exact) mass is 294 g/mol. The first-order valence-electron chi connectivity index (χ1n) is 6.79. The average molecular weight is 294 g/mol. The molecule has 2 bridgehead atoms. The highest BCUT2D eigenvalue weighted by molar-refractivity contribution is 7.98. The molecule has 0 amide bonds. The zero-order valence-electron chi connectivity index (χ0n) is 11.6. The number of carbonyl (C=O) groups is 1. The maximum atomic E-state index is 11.6. The van der Waals surface area contributed by atoms with Gasteiger partial charge in [-0.1, -0.05) is 0 Å². The van der Waals surface area contributed by atoms with Crippen molar-refractivity contribution in [1.29, 1.82) is 0 Å². The van der Waals surface area contributed by atoms with Crippen LogP contribution in [0.2, 0.25) is 0 Å². The van der Waals surface area contributed by atoms with E-state index >= 15 is 0 Å². The van der Waals surface area contributed by atoms with Crippen molar-refractivity contribution in [3.05, 3.63) is 23.8 Å². The predicted molar refractivity (Wildman–Crippen MR) is 76.5 cm³/mol. The topological polar surface area (TPSA) is 44.8 Å². The van der Waals surface area contributed by atoms with Crippen molar-refractivity contribution in [1.82, 2.24) is 0 Å². The smallest absolute Gasteiger partial charge is 0.337 e. The minimum absolute atomic E-state index is 0.104. The molecule has 0 aromatic heterocycles. The summed E-state index contributed by atoms with van der Waals surface area (Å²) in [5.74, 6) is 0.410. The van der Waals surface area contributed by atoms with Crippen LogP contribution in [-0.2, 0) is 9.47 Å². The van der Waals surface area contributed by atoms with E-state index in [-0.39, 0.29) is 18.2 Å². The molecular formula is C15H18O4S. The van der Waals surface area contributed by atoms with Gasteiger partial charge < -0.3 is 14.2 Å². The van der Waals surface area contributed by atoms with Gasteiger partial charge in [0.1, 0.15) is 11.9 Å². The van der Waals surface area contributed by atoms with Gasteiger partial charge in [-0.25, -0.2) is 4.79 Å². The lowest BCUT2D eigenvalue weighted by atomic mass is 9.98. The summed E-state index contributed by atoms with van der Waals surface area (Å²) in [4.78, 5) is 12.6. The maximum Gasteiger partial charge on any atom is 0.337 e. The molecule has 4 nitrogen and oxygen atoms in total. The van der Waals surface area contributed by atoms with Crippen LogP contribution in [-0.4, -0.2) is 37.6 Å². The first kappa shape index (κ1) is 13.8. The van der Waals surface area contributed by atoms with Crippen LogP contribution in [0.3, 0.4) is 0 Å². The highest BCUT2D eigenvalue weighted by atomic mass is 32.2. The molecule has 1 aromatic carbocycles. The molecule has 0 spiro atoms. The molecule has 2 aliphatic heterocycles. The summed E-state index contributed by atoms with van der Waals surface area (Å²) in [5, 5.41) is 0. The molecule has 3 unspecified atom stereocenters. The zero-order chi connectivity index (χ0) is 14.1. The van der Waals surface area contributed by atoms with E-state index in [1.54, 1.807) is 23.9 Å². The van der Waals surface area contributed by atoms with E-state index in [4.69, 9.17) is 14.2 Å². The van der Waals surface area contributed by atoms with Crippen molar-refractivity contribution in [3.63, 3.8) is 0 Å². The number of fused-ring (bicyclic) bond motifs is 2. The van der Waals surface area contributed by atoms with Crippen LogP contribution >= 0.6 is 11.8 Å². The average Bonchev–Trinajstić information content (AvgIpc) is 3.09. The van der Waals surface area contributed by atoms with Gasteiger partial charge in [0.05, 0.1) is 24.9 Å². The van der Waals surface area contributed by atoms with Gasteiger partial charge in [0, 0.05) is 11.3 Å². The molecule has 20 heavy (non-hydrogen) atoms. The summed E-state index contributed by atoms with van der Waals surface area (Å²) in [6.45, 7) is 0. The quantitative estimate of drug-likeness (QED) is 0.631. The molecule has 5 heteroatoms. The third-order valence-corrected chi connectivity index (χ3v) is 4.69. The highest BCUT2D eigenvalue weighted by Crippen LogP contribution is 2.38. The normalized spacial score (nSPS) is 27.6. The molecule has 2 aliphatic rings. The van der Waals surface area contributed by atoms with E-state index < -0.39 is 0 Å². The Morgan fingerprint density at radius 3 is 2.85 bits per heavy atom. The molecular weight excluding hydrogens is 276 g/mol. The van der Waals surface area contributed by atoms with Gasteiger partial charge in [-0.3, -0.25) is 0 Å². The van der Waals surface area contributed by atoms with Gasteiger partial charge in [-0.05, 0) is 37.3 Å². The third kappa shape index (κ3) is 2.52. The number of benzene rings is 1. The van der Waals surface area contributed by atoms with Crippen molar-refractivity contribution in [2.75, 3.05) is 13.4 Å². The summed E-state index contributed by atoms with van der Waals surface area (Å²) >= 11 is 1.61. The maximum absolute atomic E-state index is 11.6. The number of rotatable bonds is 4. The Balaban J connectivity index is 1.81. The minimum Gasteiger partial charge on any atom is -0.486 e. The van der Waals surface area contributed by atoms with Crippen LogP contribution in [0.4, 0.5) is 0 Å². The summed E-state index contributed by atoms with van der Waals surface area (Å²) < 4.78 is 16.7. The lowest BCUT2D eigenvalue weighted by Crippen LogP contribution is -2.28. The molecule has 3 atom stereocenters. The van der Waals surface area contributed by atoms with Gasteiger partial charge in [0.25, 0.3) is 0 Å². The number of esters is 1. The fraction of sp³-hybridized carbons (Fsp3) is 0.533. The fourth-order valence-corrected chi connectivity index (χ4v) is 3.40. The number of hydrogen-bond acceptors (Lipinski definition) is 5. The highest BCUT2D eigenvalue weighted by Gasteiger charge is 2.42. The summed E-state index contributed by atoms with van der Waals surface area (Å²) in [5.41, 5.74) is 0.518. The van der Waals surface area contributed by atoms with Crippen LogP contribution in [0.15, 0.2) is 23.1 Å². The van der Waals surface area contributed by atoms with E-state index in [1.165, 1.54) is 7.11 Å². The first-order chi connectivity index (χ1) is 9.71. The Morgan fingerprint density at radius 2 is 2.25 bits per heavy atom. The standard InChI is InChI=1S/C15H18O4S/c1-17-15(16)9-3-6-14(20-2)13(7-9)19-12-8-10-4-5-11(12)18-10/h3,6-7,10-12H,4-5,8H2,1-2H3. The molecule has 2 heterocycles. The van der Waals surface area contributed by atoms with Crippen LogP contribution < -0.4 is 4.74 Å². The van der Waals surface area contributed by atoms with E-state index in [0.717, 1.165) is 29.9 Å². The Kier molecular flexibility index (Phi) is 3.89. The second-order valence-electron chi connectivity index (χ2n) is 5.12. The minimum atomic E-state index is -0.341. The second-order valence-corrected chi connectivity index (χ2v) is 5.97. The van der Waals surface area contributed by atoms with Crippen LogP contribution in [0.25, 0.3) is 0 Å². The van der Waals surface area contributed by atoms with Crippen molar-refractivity contribution in [3.8, 4) is 5.75 Å². The molecule has 3 rings (SSSR count). The number of thioether (sulfide) groups is 1. The van der Waals surface area contributed by atoms with Crippen molar-refractivity contribution < 1.29 is 19.0 Å². The number of methoxy groups -OCH3 is 1. The largest absolute Gasteiger partial charge is 0.486 e. The molecule has 108 valence electrons. The molecule has 0 saturated carbocycles. The molecule has 1 aromatic rings. The van der Waals surface area contributed by atoms with E-state index in [9.17, 15) is 4.79 Å². The van der Waals surface area contributed by atoms with Crippen LogP contribution in [0.1, 0.15) is 29.6 Å². The van der Waals surface area contributed by atoms with Crippen LogP contribution in [0.5, 0.6) is 5.75 Å². The second kappa shape index (κ2) is 5.66. The number of ether oxygens (including phenoxy) is 3. The van der Waals surface area contributed by atoms with Gasteiger partial charge in [0.2, 0.25) is 0 Å². The predicted octanol–water partition coefficient (Wildman–Crippen LogP) is 2.89. The van der Waals surface area contributed by atoms with Gasteiger partial charge in [-0.2, -0.15) is 0 Å². The molecule has 2 fully saturated rings. The van der Waals surface area contributed by atoms with E-state index in [2.05, 4.69) is 0 Å². The fourth-order valence-electron chi connectivity index (χ4n) is 2.89. The lowest BCUT2D eigenvalue weighted by Gasteiger charge is -2.22. The SMILES string of the molecule is COC(=O)c1ccc(SC)c(OC2CC3CCC2O3)c1. The summed E-state index contributed by atoms with van der Waals surface area (Å²) in [6.07, 6.45) is 5.82. The number of hydrogen-bond donors (Lipinski definition) is 0. The Morgan fingerprint density at radius 1 is 1.40 bits per heavy atom. The zero-order valence-corrected chi connectivity index (χ0v) is 12.4.